The number of amides is 1. The van der Waals surface area contributed by atoms with Gasteiger partial charge in [0, 0.05) is 29.9 Å². The number of hydrogen-bond donors (Lipinski definition) is 2. The minimum absolute atomic E-state index is 0.400. The smallest absolute Gasteiger partial charge is 0.407 e. The quantitative estimate of drug-likeness (QED) is 0.623. The van der Waals surface area contributed by atoms with Gasteiger partial charge in [0.2, 0.25) is 0 Å². The van der Waals surface area contributed by atoms with E-state index in [4.69, 9.17) is 16.3 Å². The van der Waals surface area contributed by atoms with Crippen LogP contribution in [0.4, 0.5) is 4.79 Å². The van der Waals surface area contributed by atoms with Crippen LogP contribution in [-0.2, 0) is 11.3 Å². The molecule has 0 saturated heterocycles. The highest BCUT2D eigenvalue weighted by molar-refractivity contribution is 7.10. The van der Waals surface area contributed by atoms with Gasteiger partial charge in [-0.25, -0.2) is 4.79 Å². The molecule has 0 aliphatic heterocycles. The SMILES string of the molecule is CC(C)(C)OC(=O)NC/C=C/CNCc1cc(Cl)cs1. The molecule has 0 fully saturated rings. The van der Waals surface area contributed by atoms with Crippen molar-refractivity contribution in [2.45, 2.75) is 32.9 Å². The van der Waals surface area contributed by atoms with Crippen molar-refractivity contribution in [3.8, 4) is 0 Å². The largest absolute Gasteiger partial charge is 0.444 e. The van der Waals surface area contributed by atoms with Crippen LogP contribution in [-0.4, -0.2) is 24.8 Å². The van der Waals surface area contributed by atoms with Gasteiger partial charge in [0.1, 0.15) is 5.60 Å². The van der Waals surface area contributed by atoms with Gasteiger partial charge in [-0.3, -0.25) is 0 Å². The number of carbonyl (C=O) groups excluding carboxylic acids is 1. The van der Waals surface area contributed by atoms with Crippen LogP contribution >= 0.6 is 22.9 Å². The van der Waals surface area contributed by atoms with Gasteiger partial charge in [0.05, 0.1) is 5.02 Å². The maximum Gasteiger partial charge on any atom is 0.407 e. The highest BCUT2D eigenvalue weighted by Crippen LogP contribution is 2.18. The summed E-state index contributed by atoms with van der Waals surface area (Å²) >= 11 is 7.47. The summed E-state index contributed by atoms with van der Waals surface area (Å²) in [5.41, 5.74) is -0.461. The summed E-state index contributed by atoms with van der Waals surface area (Å²) in [6.07, 6.45) is 3.45. The van der Waals surface area contributed by atoms with E-state index in [1.54, 1.807) is 11.3 Å². The molecule has 1 aromatic heterocycles. The second-order valence-electron chi connectivity index (χ2n) is 5.22. The Bertz CT molecular complexity index is 452. The van der Waals surface area contributed by atoms with Gasteiger partial charge in [-0.1, -0.05) is 23.8 Å². The van der Waals surface area contributed by atoms with E-state index >= 15 is 0 Å². The number of hydrogen-bond acceptors (Lipinski definition) is 4. The van der Waals surface area contributed by atoms with Crippen LogP contribution in [0, 0.1) is 0 Å². The summed E-state index contributed by atoms with van der Waals surface area (Å²) in [6, 6.07) is 1.95. The summed E-state index contributed by atoms with van der Waals surface area (Å²) in [6.45, 7) is 7.50. The molecule has 112 valence electrons. The molecule has 1 heterocycles. The zero-order chi connectivity index (χ0) is 15.0. The first-order chi connectivity index (χ1) is 9.37. The van der Waals surface area contributed by atoms with Crippen molar-refractivity contribution in [2.24, 2.45) is 0 Å². The van der Waals surface area contributed by atoms with E-state index in [9.17, 15) is 4.79 Å². The van der Waals surface area contributed by atoms with Crippen LogP contribution in [0.1, 0.15) is 25.6 Å². The van der Waals surface area contributed by atoms with Crippen molar-refractivity contribution in [1.82, 2.24) is 10.6 Å². The van der Waals surface area contributed by atoms with E-state index in [1.165, 1.54) is 4.88 Å². The van der Waals surface area contributed by atoms with E-state index in [1.807, 2.05) is 44.4 Å². The van der Waals surface area contributed by atoms with Crippen LogP contribution in [0.25, 0.3) is 0 Å². The molecule has 0 bridgehead atoms. The van der Waals surface area contributed by atoms with Crippen LogP contribution in [0.2, 0.25) is 5.02 Å². The predicted octanol–water partition coefficient (Wildman–Crippen LogP) is 3.57. The molecule has 0 atom stereocenters. The van der Waals surface area contributed by atoms with Crippen LogP contribution in [0.15, 0.2) is 23.6 Å². The van der Waals surface area contributed by atoms with Gasteiger partial charge >= 0.3 is 6.09 Å². The van der Waals surface area contributed by atoms with Crippen LogP contribution < -0.4 is 10.6 Å². The second-order valence-corrected chi connectivity index (χ2v) is 6.65. The van der Waals surface area contributed by atoms with Crippen LogP contribution in [0.5, 0.6) is 0 Å². The molecule has 1 amide bonds. The first-order valence-corrected chi connectivity index (χ1v) is 7.68. The molecule has 0 unspecified atom stereocenters. The summed E-state index contributed by atoms with van der Waals surface area (Å²) < 4.78 is 5.11. The number of halogens is 1. The third kappa shape index (κ3) is 8.19. The highest BCUT2D eigenvalue weighted by Gasteiger charge is 2.14. The Hall–Kier alpha value is -1.04. The molecule has 6 heteroatoms. The summed E-state index contributed by atoms with van der Waals surface area (Å²) in [4.78, 5) is 12.5. The number of carbonyl (C=O) groups is 1. The van der Waals surface area contributed by atoms with E-state index in [-0.39, 0.29) is 0 Å². The van der Waals surface area contributed by atoms with E-state index in [0.717, 1.165) is 18.1 Å². The zero-order valence-electron chi connectivity index (χ0n) is 12.0. The van der Waals surface area contributed by atoms with Crippen molar-refractivity contribution in [3.05, 3.63) is 33.5 Å². The minimum atomic E-state index is -0.461. The fourth-order valence-corrected chi connectivity index (χ4v) is 2.39. The van der Waals surface area contributed by atoms with Gasteiger partial charge in [0.15, 0.2) is 0 Å². The third-order valence-electron chi connectivity index (χ3n) is 2.11. The van der Waals surface area contributed by atoms with Crippen molar-refractivity contribution in [2.75, 3.05) is 13.1 Å². The Balaban J connectivity index is 2.06. The Morgan fingerprint density at radius 2 is 2.10 bits per heavy atom. The number of alkyl carbamates (subject to hydrolysis) is 1. The Morgan fingerprint density at radius 3 is 2.70 bits per heavy atom. The molecular weight excluding hydrogens is 296 g/mol. The molecule has 0 aliphatic carbocycles. The lowest BCUT2D eigenvalue weighted by molar-refractivity contribution is 0.0534. The van der Waals surface area contributed by atoms with Crippen molar-refractivity contribution < 1.29 is 9.53 Å². The highest BCUT2D eigenvalue weighted by atomic mass is 35.5. The van der Waals surface area contributed by atoms with Crippen LogP contribution in [0.3, 0.4) is 0 Å². The van der Waals surface area contributed by atoms with Gasteiger partial charge < -0.3 is 15.4 Å². The molecule has 1 aromatic rings. The van der Waals surface area contributed by atoms with Crippen molar-refractivity contribution >= 4 is 29.0 Å². The summed E-state index contributed by atoms with van der Waals surface area (Å²) in [5.74, 6) is 0. The first-order valence-electron chi connectivity index (χ1n) is 6.42. The number of nitrogens with one attached hydrogen (secondary N) is 2. The molecule has 0 aliphatic rings. The van der Waals surface area contributed by atoms with Gasteiger partial charge in [-0.2, -0.15) is 0 Å². The topological polar surface area (TPSA) is 50.4 Å². The fourth-order valence-electron chi connectivity index (χ4n) is 1.35. The predicted molar refractivity (Wildman–Crippen MR) is 84.4 cm³/mol. The number of thiophene rings is 1. The average molecular weight is 317 g/mol. The zero-order valence-corrected chi connectivity index (χ0v) is 13.6. The monoisotopic (exact) mass is 316 g/mol. The molecule has 1 rings (SSSR count). The molecule has 0 spiro atoms. The van der Waals surface area contributed by atoms with Crippen molar-refractivity contribution in [1.29, 1.82) is 0 Å². The molecule has 4 nitrogen and oxygen atoms in total. The average Bonchev–Trinajstić information content (AvgIpc) is 2.71. The maximum absolute atomic E-state index is 11.3. The second kappa shape index (κ2) is 8.29. The first kappa shape index (κ1) is 17.0. The van der Waals surface area contributed by atoms with Gasteiger partial charge in [-0.05, 0) is 26.8 Å². The molecule has 0 aromatic carbocycles. The van der Waals surface area contributed by atoms with E-state index in [0.29, 0.717) is 6.54 Å². The van der Waals surface area contributed by atoms with E-state index in [2.05, 4.69) is 10.6 Å². The Labute approximate surface area is 129 Å². The molecule has 20 heavy (non-hydrogen) atoms. The number of rotatable bonds is 6. The lowest BCUT2D eigenvalue weighted by Crippen LogP contribution is -2.32. The fraction of sp³-hybridized carbons (Fsp3) is 0.500. The normalized spacial score (nSPS) is 11.8. The lowest BCUT2D eigenvalue weighted by Gasteiger charge is -2.19. The minimum Gasteiger partial charge on any atom is -0.444 e. The molecule has 0 saturated carbocycles. The standard InChI is InChI=1S/C14H21ClN2O2S/c1-14(2,3)19-13(18)17-7-5-4-6-16-9-12-8-11(15)10-20-12/h4-5,8,10,16H,6-7,9H2,1-3H3,(H,17,18)/b5-4+. The van der Waals surface area contributed by atoms with E-state index < -0.39 is 11.7 Å². The Kier molecular flexibility index (Phi) is 7.05. The Morgan fingerprint density at radius 1 is 1.40 bits per heavy atom. The van der Waals surface area contributed by atoms with Gasteiger partial charge in [0.25, 0.3) is 0 Å². The summed E-state index contributed by atoms with van der Waals surface area (Å²) in [5, 5.41) is 8.62. The molecule has 0 radical (unpaired) electrons. The molecule has 2 N–H and O–H groups in total. The lowest BCUT2D eigenvalue weighted by atomic mass is 10.2. The summed E-state index contributed by atoms with van der Waals surface area (Å²) in [7, 11) is 0. The van der Waals surface area contributed by atoms with Gasteiger partial charge in [-0.15, -0.1) is 11.3 Å². The number of ether oxygens (including phenoxy) is 1. The van der Waals surface area contributed by atoms with Crippen molar-refractivity contribution in [3.63, 3.8) is 0 Å². The third-order valence-corrected chi connectivity index (χ3v) is 3.40. The maximum atomic E-state index is 11.3. The molecular formula is C14H21ClN2O2S.